The van der Waals surface area contributed by atoms with Gasteiger partial charge in [0.05, 0.1) is 13.2 Å². The summed E-state index contributed by atoms with van der Waals surface area (Å²) < 4.78 is 15.6. The molecule has 0 spiro atoms. The number of aliphatic hydroxyl groups is 3. The number of methoxy groups -OCH3 is 1. The van der Waals surface area contributed by atoms with Gasteiger partial charge in [-0.2, -0.15) is 0 Å². The normalized spacial score (nSPS) is 21.1. The van der Waals surface area contributed by atoms with Crippen LogP contribution >= 0.6 is 0 Å². The van der Waals surface area contributed by atoms with Gasteiger partial charge < -0.3 is 40.2 Å². The minimum atomic E-state index is -1.76. The molecule has 0 aromatic heterocycles. The van der Waals surface area contributed by atoms with Gasteiger partial charge in [0.15, 0.2) is 6.10 Å². The lowest BCUT2D eigenvalue weighted by molar-refractivity contribution is -0.150. The first-order valence-corrected chi connectivity index (χ1v) is 14.6. The van der Waals surface area contributed by atoms with Gasteiger partial charge in [-0.05, 0) is 24.7 Å². The molecule has 0 saturated carbocycles. The molecule has 1 aliphatic rings. The molecule has 6 unspecified atom stereocenters. The van der Waals surface area contributed by atoms with Crippen molar-refractivity contribution in [2.45, 2.75) is 128 Å². The Kier molecular flexibility index (Phi) is 17.0. The van der Waals surface area contributed by atoms with Gasteiger partial charge in [0.25, 0.3) is 5.91 Å². The number of hydrogen-bond acceptors (Lipinski definition) is 9. The number of amides is 2. The van der Waals surface area contributed by atoms with Gasteiger partial charge in [0, 0.05) is 7.11 Å². The van der Waals surface area contributed by atoms with Gasteiger partial charge in [-0.15, -0.1) is 0 Å². The molecule has 1 saturated heterocycles. The van der Waals surface area contributed by atoms with Gasteiger partial charge in [-0.3, -0.25) is 9.59 Å². The summed E-state index contributed by atoms with van der Waals surface area (Å²) in [4.78, 5) is 37.4. The summed E-state index contributed by atoms with van der Waals surface area (Å²) in [5, 5.41) is 36.2. The summed E-state index contributed by atoms with van der Waals surface area (Å²) in [6.45, 7) is 8.24. The third kappa shape index (κ3) is 14.4. The zero-order valence-electron chi connectivity index (χ0n) is 24.9. The number of hydrogen-bond donors (Lipinski definition) is 5. The molecule has 1 aliphatic heterocycles. The van der Waals surface area contributed by atoms with Crippen LogP contribution in [0.15, 0.2) is 12.2 Å². The van der Waals surface area contributed by atoms with Crippen molar-refractivity contribution in [2.75, 3.05) is 20.3 Å². The van der Waals surface area contributed by atoms with Crippen molar-refractivity contribution in [3.63, 3.8) is 0 Å². The maximum Gasteiger partial charge on any atom is 0.508 e. The van der Waals surface area contributed by atoms with Crippen molar-refractivity contribution in [3.8, 4) is 0 Å². The van der Waals surface area contributed by atoms with Crippen LogP contribution in [0.1, 0.15) is 91.9 Å². The number of nitrogens with one attached hydrogen (secondary N) is 2. The molecule has 1 rings (SSSR count). The van der Waals surface area contributed by atoms with Crippen LogP contribution in [0.5, 0.6) is 0 Å². The zero-order valence-corrected chi connectivity index (χ0v) is 24.9. The second-order valence-electron chi connectivity index (χ2n) is 11.6. The molecule has 1 heterocycles. The van der Waals surface area contributed by atoms with Crippen molar-refractivity contribution in [1.29, 1.82) is 0 Å². The van der Waals surface area contributed by atoms with Crippen molar-refractivity contribution >= 4 is 18.0 Å². The van der Waals surface area contributed by atoms with E-state index in [0.717, 1.165) is 19.3 Å². The van der Waals surface area contributed by atoms with E-state index >= 15 is 0 Å². The molecule has 5 N–H and O–H groups in total. The molecule has 0 bridgehead atoms. The summed E-state index contributed by atoms with van der Waals surface area (Å²) in [7, 11) is 1.17. The summed E-state index contributed by atoms with van der Waals surface area (Å²) in [5.41, 5.74) is -0.262. The van der Waals surface area contributed by atoms with Crippen LogP contribution in [-0.2, 0) is 23.8 Å². The number of carbonyl (C=O) groups excluding carboxylic acids is 3. The van der Waals surface area contributed by atoms with Crippen LogP contribution in [-0.4, -0.2) is 90.1 Å². The van der Waals surface area contributed by atoms with E-state index in [0.29, 0.717) is 0 Å². The van der Waals surface area contributed by atoms with Crippen LogP contribution in [0.25, 0.3) is 0 Å². The van der Waals surface area contributed by atoms with Crippen LogP contribution in [0, 0.1) is 5.41 Å². The number of aliphatic hydroxyl groups excluding tert-OH is 3. The van der Waals surface area contributed by atoms with E-state index in [-0.39, 0.29) is 31.4 Å². The van der Waals surface area contributed by atoms with Crippen LogP contribution < -0.4 is 10.6 Å². The van der Waals surface area contributed by atoms with E-state index in [1.54, 1.807) is 6.08 Å². The second-order valence-corrected chi connectivity index (χ2v) is 11.6. The summed E-state index contributed by atoms with van der Waals surface area (Å²) in [5.74, 6) is -1.31. The molecule has 11 heteroatoms. The van der Waals surface area contributed by atoms with Crippen molar-refractivity contribution in [3.05, 3.63) is 12.2 Å². The number of ether oxygens (including phenoxy) is 3. The van der Waals surface area contributed by atoms with Crippen LogP contribution in [0.4, 0.5) is 4.79 Å². The first-order chi connectivity index (χ1) is 18.9. The highest BCUT2D eigenvalue weighted by Gasteiger charge is 2.37. The topological polar surface area (TPSA) is 164 Å². The lowest BCUT2D eigenvalue weighted by atomic mass is 9.94. The first-order valence-electron chi connectivity index (χ1n) is 14.6. The first kappa shape index (κ1) is 35.8. The molecule has 2 amide bonds. The number of allylic oxidation sites excluding steroid dienone is 1. The Morgan fingerprint density at radius 1 is 1.02 bits per heavy atom. The Labute approximate surface area is 239 Å². The Hall–Kier alpha value is -2.21. The minimum Gasteiger partial charge on any atom is -0.434 e. The fourth-order valence-electron chi connectivity index (χ4n) is 4.26. The molecule has 6 atom stereocenters. The predicted octanol–water partition coefficient (Wildman–Crippen LogP) is 2.74. The van der Waals surface area contributed by atoms with E-state index in [2.05, 4.69) is 17.6 Å². The second kappa shape index (κ2) is 19.0. The molecule has 0 radical (unpaired) electrons. The zero-order chi connectivity index (χ0) is 30.1. The van der Waals surface area contributed by atoms with Crippen LogP contribution in [0.3, 0.4) is 0 Å². The Bertz CT molecular complexity index is 784. The highest BCUT2D eigenvalue weighted by Crippen LogP contribution is 2.18. The Morgan fingerprint density at radius 3 is 2.25 bits per heavy atom. The minimum absolute atomic E-state index is 0.0689. The molecule has 0 aromatic rings. The molecule has 0 aromatic carbocycles. The predicted molar refractivity (Wildman–Crippen MR) is 150 cm³/mol. The summed E-state index contributed by atoms with van der Waals surface area (Å²) in [6, 6.07) is -0.970. The van der Waals surface area contributed by atoms with Gasteiger partial charge in [-0.25, -0.2) is 4.79 Å². The van der Waals surface area contributed by atoms with E-state index in [1.807, 2.05) is 20.8 Å². The fraction of sp³-hybridized carbons (Fsp3) is 0.828. The highest BCUT2D eigenvalue weighted by atomic mass is 16.7. The van der Waals surface area contributed by atoms with Gasteiger partial charge >= 0.3 is 6.16 Å². The largest absolute Gasteiger partial charge is 0.508 e. The van der Waals surface area contributed by atoms with Gasteiger partial charge in [0.1, 0.15) is 30.5 Å². The number of rotatable bonds is 17. The number of carbonyl (C=O) groups is 3. The lowest BCUT2D eigenvalue weighted by Crippen LogP contribution is -2.55. The van der Waals surface area contributed by atoms with E-state index < -0.39 is 54.5 Å². The maximum absolute atomic E-state index is 12.8. The monoisotopic (exact) mass is 572 g/mol. The van der Waals surface area contributed by atoms with E-state index in [9.17, 15) is 29.7 Å². The Morgan fingerprint density at radius 2 is 1.65 bits per heavy atom. The highest BCUT2D eigenvalue weighted by molar-refractivity contribution is 5.89. The van der Waals surface area contributed by atoms with Gasteiger partial charge in [0.2, 0.25) is 5.91 Å². The molecule has 0 aliphatic carbocycles. The average Bonchev–Trinajstić information content (AvgIpc) is 3.06. The van der Waals surface area contributed by atoms with Gasteiger partial charge in [-0.1, -0.05) is 84.8 Å². The fourth-order valence-corrected chi connectivity index (χ4v) is 4.26. The van der Waals surface area contributed by atoms with Crippen molar-refractivity contribution in [2.24, 2.45) is 5.41 Å². The quantitative estimate of drug-likeness (QED) is 0.100. The standard InChI is InChI=1S/C29H52N2O9/c1-6-7-8-9-10-11-12-13-18-39-28(37)40-20-14-15-21(26(35)30-19-20)31-27(36)25(38-5)24(34)23(33)22(32)16-17-29(2,3)4/h16-17,20-25,32-34H,6-15,18-19H2,1-5H3,(H,30,35)(H,31,36). The maximum atomic E-state index is 12.8. The SMILES string of the molecule is CCCCCCCCCCOC(=O)OC1CCC(NC(=O)C(OC)C(O)C(O)C(O)C=CC(C)(C)C)C(=O)NC1. The number of unbranched alkanes of at least 4 members (excludes halogenated alkanes) is 7. The van der Waals surface area contributed by atoms with Crippen LogP contribution in [0.2, 0.25) is 0 Å². The van der Waals surface area contributed by atoms with Crippen molar-refractivity contribution < 1.29 is 43.9 Å². The van der Waals surface area contributed by atoms with E-state index in [4.69, 9.17) is 14.2 Å². The molecular weight excluding hydrogens is 520 g/mol. The summed E-state index contributed by atoms with van der Waals surface area (Å²) >= 11 is 0. The molecule has 232 valence electrons. The van der Waals surface area contributed by atoms with Crippen molar-refractivity contribution in [1.82, 2.24) is 10.6 Å². The molecule has 11 nitrogen and oxygen atoms in total. The molecular formula is C29H52N2O9. The molecule has 40 heavy (non-hydrogen) atoms. The lowest BCUT2D eigenvalue weighted by Gasteiger charge is -2.28. The molecule has 1 fully saturated rings. The smallest absolute Gasteiger partial charge is 0.434 e. The van der Waals surface area contributed by atoms with E-state index in [1.165, 1.54) is 45.3 Å². The third-order valence-corrected chi connectivity index (χ3v) is 6.71. The summed E-state index contributed by atoms with van der Waals surface area (Å²) in [6.07, 6.45) is 4.67. The average molecular weight is 573 g/mol. The third-order valence-electron chi connectivity index (χ3n) is 6.71. The Balaban J connectivity index is 2.48.